The summed E-state index contributed by atoms with van der Waals surface area (Å²) in [4.78, 5) is 11.5. The number of carbonyl (C=O) groups is 1. The van der Waals surface area contributed by atoms with Crippen LogP contribution in [-0.2, 0) is 4.79 Å². The Morgan fingerprint density at radius 3 is 3.00 bits per heavy atom. The second kappa shape index (κ2) is 5.46. The van der Waals surface area contributed by atoms with Crippen molar-refractivity contribution in [3.8, 4) is 0 Å². The fourth-order valence-corrected chi connectivity index (χ4v) is 2.53. The van der Waals surface area contributed by atoms with Gasteiger partial charge in [0.2, 0.25) is 5.91 Å². The van der Waals surface area contributed by atoms with E-state index >= 15 is 0 Å². The normalized spacial score (nSPS) is 17.8. The largest absolute Gasteiger partial charge is 0.387 e. The van der Waals surface area contributed by atoms with E-state index in [4.69, 9.17) is 0 Å². The predicted octanol–water partition coefficient (Wildman–Crippen LogP) is 2.09. The third kappa shape index (κ3) is 3.06. The molecule has 2 rings (SSSR count). The van der Waals surface area contributed by atoms with Gasteiger partial charge in [0.15, 0.2) is 0 Å². The van der Waals surface area contributed by atoms with Crippen LogP contribution in [0.4, 0.5) is 0 Å². The van der Waals surface area contributed by atoms with E-state index in [0.29, 0.717) is 18.9 Å². The molecule has 1 saturated carbocycles. The Morgan fingerprint density at radius 2 is 2.44 bits per heavy atom. The fraction of sp³-hybridized carbons (Fsp3) is 0.583. The Labute approximate surface area is 99.5 Å². The van der Waals surface area contributed by atoms with E-state index in [1.54, 1.807) is 11.3 Å². The Balaban J connectivity index is 1.68. The molecular weight excluding hydrogens is 222 g/mol. The first kappa shape index (κ1) is 11.6. The molecule has 16 heavy (non-hydrogen) atoms. The molecule has 88 valence electrons. The van der Waals surface area contributed by atoms with Gasteiger partial charge in [-0.2, -0.15) is 11.3 Å². The van der Waals surface area contributed by atoms with E-state index in [-0.39, 0.29) is 5.91 Å². The lowest BCUT2D eigenvalue weighted by atomic mass is 9.83. The zero-order valence-electron chi connectivity index (χ0n) is 9.19. The molecule has 1 fully saturated rings. The van der Waals surface area contributed by atoms with E-state index in [1.165, 1.54) is 19.3 Å². The molecule has 1 aromatic heterocycles. The van der Waals surface area contributed by atoms with Crippen LogP contribution in [0.2, 0.25) is 0 Å². The molecule has 1 unspecified atom stereocenters. The lowest BCUT2D eigenvalue weighted by Gasteiger charge is -2.24. The lowest BCUT2D eigenvalue weighted by molar-refractivity contribution is -0.123. The van der Waals surface area contributed by atoms with Crippen molar-refractivity contribution in [3.63, 3.8) is 0 Å². The third-order valence-electron chi connectivity index (χ3n) is 3.12. The smallest absolute Gasteiger partial charge is 0.220 e. The molecule has 1 aliphatic rings. The van der Waals surface area contributed by atoms with Crippen LogP contribution in [-0.4, -0.2) is 17.6 Å². The van der Waals surface area contributed by atoms with Gasteiger partial charge in [-0.05, 0) is 41.1 Å². The molecular formula is C12H17NO2S. The average Bonchev–Trinajstić information content (AvgIpc) is 2.73. The number of hydrogen-bond acceptors (Lipinski definition) is 3. The van der Waals surface area contributed by atoms with Gasteiger partial charge in [0.1, 0.15) is 0 Å². The minimum absolute atomic E-state index is 0.0685. The SMILES string of the molecule is O=C(CC1CCC1)NCC(O)c1ccsc1. The molecule has 1 amide bonds. The highest BCUT2D eigenvalue weighted by atomic mass is 32.1. The van der Waals surface area contributed by atoms with Crippen LogP contribution < -0.4 is 5.32 Å². The summed E-state index contributed by atoms with van der Waals surface area (Å²) in [5.74, 6) is 0.650. The van der Waals surface area contributed by atoms with Crippen molar-refractivity contribution in [2.45, 2.75) is 31.8 Å². The van der Waals surface area contributed by atoms with Crippen molar-refractivity contribution in [3.05, 3.63) is 22.4 Å². The van der Waals surface area contributed by atoms with Crippen molar-refractivity contribution in [1.29, 1.82) is 0 Å². The minimum Gasteiger partial charge on any atom is -0.387 e. The second-order valence-corrected chi connectivity index (χ2v) is 5.16. The van der Waals surface area contributed by atoms with Crippen molar-refractivity contribution in [1.82, 2.24) is 5.32 Å². The Morgan fingerprint density at radius 1 is 1.62 bits per heavy atom. The molecule has 0 bridgehead atoms. The number of aliphatic hydroxyl groups excluding tert-OH is 1. The summed E-state index contributed by atoms with van der Waals surface area (Å²) in [6, 6.07) is 1.88. The number of nitrogens with one attached hydrogen (secondary N) is 1. The second-order valence-electron chi connectivity index (χ2n) is 4.38. The number of aliphatic hydroxyl groups is 1. The molecule has 4 heteroatoms. The Hall–Kier alpha value is -0.870. The Kier molecular flexibility index (Phi) is 3.96. The van der Waals surface area contributed by atoms with Gasteiger partial charge in [-0.1, -0.05) is 6.42 Å². The van der Waals surface area contributed by atoms with Gasteiger partial charge in [-0.3, -0.25) is 4.79 Å². The zero-order chi connectivity index (χ0) is 11.4. The van der Waals surface area contributed by atoms with Gasteiger partial charge < -0.3 is 10.4 Å². The maximum Gasteiger partial charge on any atom is 0.220 e. The van der Waals surface area contributed by atoms with Crippen LogP contribution in [0, 0.1) is 5.92 Å². The molecule has 2 N–H and O–H groups in total. The first-order valence-corrected chi connectivity index (χ1v) is 6.67. The molecule has 1 heterocycles. The van der Waals surface area contributed by atoms with Gasteiger partial charge in [0, 0.05) is 13.0 Å². The van der Waals surface area contributed by atoms with E-state index < -0.39 is 6.10 Å². The van der Waals surface area contributed by atoms with Crippen LogP contribution >= 0.6 is 11.3 Å². The molecule has 0 saturated heterocycles. The molecule has 1 aromatic rings. The number of carbonyl (C=O) groups excluding carboxylic acids is 1. The number of hydrogen-bond donors (Lipinski definition) is 2. The summed E-state index contributed by atoms with van der Waals surface area (Å²) in [7, 11) is 0. The molecule has 1 aliphatic carbocycles. The zero-order valence-corrected chi connectivity index (χ0v) is 10.0. The summed E-state index contributed by atoms with van der Waals surface area (Å²) in [6.45, 7) is 0.322. The molecule has 0 aliphatic heterocycles. The van der Waals surface area contributed by atoms with Crippen molar-refractivity contribution in [2.75, 3.05) is 6.54 Å². The monoisotopic (exact) mass is 239 g/mol. The molecule has 3 nitrogen and oxygen atoms in total. The van der Waals surface area contributed by atoms with Crippen molar-refractivity contribution >= 4 is 17.2 Å². The molecule has 0 aromatic carbocycles. The first-order valence-electron chi connectivity index (χ1n) is 5.72. The standard InChI is InChI=1S/C12H17NO2S/c14-11(10-4-5-16-8-10)7-13-12(15)6-9-2-1-3-9/h4-5,8-9,11,14H,1-3,6-7H2,(H,13,15). The van der Waals surface area contributed by atoms with E-state index in [0.717, 1.165) is 5.56 Å². The summed E-state index contributed by atoms with van der Waals surface area (Å²) >= 11 is 1.55. The highest BCUT2D eigenvalue weighted by molar-refractivity contribution is 7.07. The number of amides is 1. The van der Waals surface area contributed by atoms with E-state index in [9.17, 15) is 9.90 Å². The topological polar surface area (TPSA) is 49.3 Å². The van der Waals surface area contributed by atoms with Crippen LogP contribution in [0.1, 0.15) is 37.4 Å². The first-order chi connectivity index (χ1) is 7.75. The van der Waals surface area contributed by atoms with Crippen LogP contribution in [0.15, 0.2) is 16.8 Å². The maximum atomic E-state index is 11.5. The molecule has 0 radical (unpaired) electrons. The number of thiophene rings is 1. The number of rotatable bonds is 5. The Bertz CT molecular complexity index is 333. The van der Waals surface area contributed by atoms with Gasteiger partial charge in [-0.25, -0.2) is 0 Å². The van der Waals surface area contributed by atoms with E-state index in [1.807, 2.05) is 16.8 Å². The summed E-state index contributed by atoms with van der Waals surface area (Å²) in [5.41, 5.74) is 0.883. The highest BCUT2D eigenvalue weighted by Crippen LogP contribution is 2.29. The van der Waals surface area contributed by atoms with E-state index in [2.05, 4.69) is 5.32 Å². The van der Waals surface area contributed by atoms with Crippen molar-refractivity contribution in [2.24, 2.45) is 5.92 Å². The van der Waals surface area contributed by atoms with Crippen LogP contribution in [0.25, 0.3) is 0 Å². The average molecular weight is 239 g/mol. The quantitative estimate of drug-likeness (QED) is 0.826. The molecule has 1 atom stereocenters. The minimum atomic E-state index is -0.573. The lowest BCUT2D eigenvalue weighted by Crippen LogP contribution is -2.31. The van der Waals surface area contributed by atoms with Crippen molar-refractivity contribution < 1.29 is 9.90 Å². The highest BCUT2D eigenvalue weighted by Gasteiger charge is 2.20. The fourth-order valence-electron chi connectivity index (χ4n) is 1.82. The van der Waals surface area contributed by atoms with Gasteiger partial charge >= 0.3 is 0 Å². The summed E-state index contributed by atoms with van der Waals surface area (Å²) < 4.78 is 0. The van der Waals surface area contributed by atoms with Gasteiger partial charge in [0.25, 0.3) is 0 Å². The summed E-state index contributed by atoms with van der Waals surface area (Å²) in [6.07, 6.45) is 3.67. The predicted molar refractivity (Wildman–Crippen MR) is 64.2 cm³/mol. The van der Waals surface area contributed by atoms with Gasteiger partial charge in [0.05, 0.1) is 6.10 Å². The maximum absolute atomic E-state index is 11.5. The van der Waals surface area contributed by atoms with Crippen LogP contribution in [0.3, 0.4) is 0 Å². The molecule has 0 spiro atoms. The third-order valence-corrected chi connectivity index (χ3v) is 3.82. The van der Waals surface area contributed by atoms with Crippen LogP contribution in [0.5, 0.6) is 0 Å². The summed E-state index contributed by atoms with van der Waals surface area (Å²) in [5, 5.41) is 16.4. The van der Waals surface area contributed by atoms with Gasteiger partial charge in [-0.15, -0.1) is 0 Å².